The van der Waals surface area contributed by atoms with E-state index in [0.717, 1.165) is 6.42 Å². The molecule has 1 nitrogen and oxygen atoms in total. The molecule has 0 radical (unpaired) electrons. The Hall–Kier alpha value is -2.38. The maximum atomic E-state index is 2.29. The highest BCUT2D eigenvalue weighted by molar-refractivity contribution is 5.94. The van der Waals surface area contributed by atoms with E-state index in [1.54, 1.807) is 0 Å². The molecule has 1 heterocycles. The zero-order valence-corrected chi connectivity index (χ0v) is 13.8. The number of hydrogen-bond acceptors (Lipinski definition) is 0. The minimum absolute atomic E-state index is 0. The van der Waals surface area contributed by atoms with E-state index in [-0.39, 0.29) is 12.4 Å². The topological polar surface area (TPSA) is 3.88 Å². The minimum Gasteiger partial charge on any atom is -1.00 e. The van der Waals surface area contributed by atoms with E-state index in [1.807, 2.05) is 0 Å². The number of para-hydroxylation sites is 2. The fraction of sp³-hybridized carbons (Fsp3) is 0.0952. The molecule has 0 saturated heterocycles. The molecular formula is C21H18ClN. The molecular weight excluding hydrogens is 302 g/mol. The smallest absolute Gasteiger partial charge is 0.213 e. The molecule has 4 rings (SSSR count). The number of benzene rings is 3. The van der Waals surface area contributed by atoms with Crippen LogP contribution in [-0.4, -0.2) is 0 Å². The molecule has 2 heteroatoms. The first-order valence-electron chi connectivity index (χ1n) is 7.67. The highest BCUT2D eigenvalue weighted by Gasteiger charge is 2.16. The van der Waals surface area contributed by atoms with Crippen molar-refractivity contribution >= 4 is 21.8 Å². The third-order valence-corrected chi connectivity index (χ3v) is 4.40. The summed E-state index contributed by atoms with van der Waals surface area (Å²) in [6.45, 7) is 0. The fourth-order valence-corrected chi connectivity index (χ4v) is 3.31. The van der Waals surface area contributed by atoms with Gasteiger partial charge < -0.3 is 12.4 Å². The van der Waals surface area contributed by atoms with Crippen molar-refractivity contribution in [1.82, 2.24) is 0 Å². The average Bonchev–Trinajstić information content (AvgIpc) is 2.59. The van der Waals surface area contributed by atoms with E-state index in [9.17, 15) is 0 Å². The van der Waals surface area contributed by atoms with Gasteiger partial charge >= 0.3 is 0 Å². The lowest BCUT2D eigenvalue weighted by Gasteiger charge is -2.10. The first-order valence-corrected chi connectivity index (χ1v) is 7.67. The molecule has 0 spiro atoms. The third-order valence-electron chi connectivity index (χ3n) is 4.40. The number of rotatable bonds is 2. The monoisotopic (exact) mass is 319 g/mol. The number of nitrogens with zero attached hydrogens (tertiary/aromatic N) is 1. The molecule has 0 unspecified atom stereocenters. The van der Waals surface area contributed by atoms with Crippen molar-refractivity contribution in [3.8, 4) is 0 Å². The number of aryl methyl sites for hydroxylation is 1. The molecule has 0 N–H and O–H groups in total. The van der Waals surface area contributed by atoms with E-state index in [1.165, 1.54) is 32.9 Å². The molecule has 0 aliphatic heterocycles. The normalized spacial score (nSPS) is 10.7. The van der Waals surface area contributed by atoms with Gasteiger partial charge in [0.25, 0.3) is 0 Å². The van der Waals surface area contributed by atoms with Crippen LogP contribution in [0, 0.1) is 0 Å². The summed E-state index contributed by atoms with van der Waals surface area (Å²) in [5, 5.41) is 2.68. The minimum atomic E-state index is 0. The average molecular weight is 320 g/mol. The van der Waals surface area contributed by atoms with Gasteiger partial charge in [-0.15, -0.1) is 0 Å². The zero-order chi connectivity index (χ0) is 14.9. The Morgan fingerprint density at radius 2 is 1.13 bits per heavy atom. The van der Waals surface area contributed by atoms with E-state index in [4.69, 9.17) is 0 Å². The number of hydrogen-bond donors (Lipinski definition) is 0. The summed E-state index contributed by atoms with van der Waals surface area (Å²) in [7, 11) is 2.15. The molecule has 0 bridgehead atoms. The summed E-state index contributed by atoms with van der Waals surface area (Å²) in [4.78, 5) is 0. The van der Waals surface area contributed by atoms with Gasteiger partial charge in [0.2, 0.25) is 11.0 Å². The molecule has 0 fully saturated rings. The standard InChI is InChI=1S/C21H18N.ClH/c1-22-20-13-7-5-11-17(20)19(15-16-9-3-2-4-10-16)18-12-6-8-14-21(18)22;/h2-14H,15H2,1H3;1H/q+1;/p-1. The SMILES string of the molecule is C[n+]1c2ccccc2c(Cc2ccccc2)c2ccccc21.[Cl-]. The second kappa shape index (κ2) is 6.39. The van der Waals surface area contributed by atoms with Crippen LogP contribution >= 0.6 is 0 Å². The van der Waals surface area contributed by atoms with Gasteiger partial charge in [-0.1, -0.05) is 54.6 Å². The molecule has 114 valence electrons. The molecule has 0 amide bonds. The van der Waals surface area contributed by atoms with Crippen LogP contribution in [0.5, 0.6) is 0 Å². The molecule has 0 atom stereocenters. The molecule has 0 aliphatic rings. The number of fused-ring (bicyclic) bond motifs is 2. The summed E-state index contributed by atoms with van der Waals surface area (Å²) in [6.07, 6.45) is 0.961. The Morgan fingerprint density at radius 3 is 1.70 bits per heavy atom. The lowest BCUT2D eigenvalue weighted by atomic mass is 9.96. The Bertz CT molecular complexity index is 904. The van der Waals surface area contributed by atoms with Gasteiger partial charge in [0.1, 0.15) is 7.05 Å². The molecule has 3 aromatic carbocycles. The second-order valence-corrected chi connectivity index (χ2v) is 5.73. The van der Waals surface area contributed by atoms with Crippen LogP contribution < -0.4 is 17.0 Å². The van der Waals surface area contributed by atoms with Gasteiger partial charge in [-0.25, -0.2) is 0 Å². The number of halogens is 1. The van der Waals surface area contributed by atoms with Gasteiger partial charge in [-0.3, -0.25) is 0 Å². The highest BCUT2D eigenvalue weighted by Crippen LogP contribution is 2.26. The van der Waals surface area contributed by atoms with Gasteiger partial charge in [0.05, 0.1) is 10.8 Å². The van der Waals surface area contributed by atoms with E-state index < -0.39 is 0 Å². The Kier molecular flexibility index (Phi) is 4.31. The van der Waals surface area contributed by atoms with Gasteiger partial charge in [0.15, 0.2) is 0 Å². The summed E-state index contributed by atoms with van der Waals surface area (Å²) in [6, 6.07) is 28.1. The van der Waals surface area contributed by atoms with Crippen molar-refractivity contribution in [3.63, 3.8) is 0 Å². The molecule has 1 aromatic heterocycles. The van der Waals surface area contributed by atoms with Crippen LogP contribution in [0.2, 0.25) is 0 Å². The molecule has 0 saturated carbocycles. The van der Waals surface area contributed by atoms with Crippen LogP contribution in [0.3, 0.4) is 0 Å². The summed E-state index contributed by atoms with van der Waals surface area (Å²) < 4.78 is 2.29. The maximum Gasteiger partial charge on any atom is 0.213 e. The van der Waals surface area contributed by atoms with Crippen LogP contribution in [0.1, 0.15) is 11.1 Å². The van der Waals surface area contributed by atoms with Crippen molar-refractivity contribution in [3.05, 3.63) is 90.0 Å². The Balaban J connectivity index is 0.00000156. The lowest BCUT2D eigenvalue weighted by Crippen LogP contribution is -3.00. The third kappa shape index (κ3) is 2.69. The summed E-state index contributed by atoms with van der Waals surface area (Å²) in [5.41, 5.74) is 5.33. The van der Waals surface area contributed by atoms with Gasteiger partial charge in [-0.05, 0) is 29.7 Å². The predicted molar refractivity (Wildman–Crippen MR) is 91.9 cm³/mol. The van der Waals surface area contributed by atoms with E-state index >= 15 is 0 Å². The first kappa shape index (κ1) is 15.5. The van der Waals surface area contributed by atoms with Crippen LogP contribution in [-0.2, 0) is 13.5 Å². The van der Waals surface area contributed by atoms with Crippen molar-refractivity contribution < 1.29 is 17.0 Å². The molecule has 4 aromatic rings. The second-order valence-electron chi connectivity index (χ2n) is 5.73. The number of pyridine rings is 1. The van der Waals surface area contributed by atoms with Gasteiger partial charge in [-0.2, -0.15) is 4.57 Å². The zero-order valence-electron chi connectivity index (χ0n) is 13.0. The number of aromatic nitrogens is 1. The van der Waals surface area contributed by atoms with Crippen LogP contribution in [0.15, 0.2) is 78.9 Å². The quantitative estimate of drug-likeness (QED) is 0.388. The van der Waals surface area contributed by atoms with E-state index in [0.29, 0.717) is 0 Å². The summed E-state index contributed by atoms with van der Waals surface area (Å²) in [5.74, 6) is 0. The molecule has 23 heavy (non-hydrogen) atoms. The van der Waals surface area contributed by atoms with Crippen LogP contribution in [0.4, 0.5) is 0 Å². The van der Waals surface area contributed by atoms with Crippen molar-refractivity contribution in [2.24, 2.45) is 7.05 Å². The van der Waals surface area contributed by atoms with Crippen molar-refractivity contribution in [2.45, 2.75) is 6.42 Å². The maximum absolute atomic E-state index is 2.29. The fourth-order valence-electron chi connectivity index (χ4n) is 3.31. The lowest BCUT2D eigenvalue weighted by molar-refractivity contribution is -0.617. The Labute approximate surface area is 142 Å². The van der Waals surface area contributed by atoms with E-state index in [2.05, 4.69) is 90.5 Å². The Morgan fingerprint density at radius 1 is 0.652 bits per heavy atom. The highest BCUT2D eigenvalue weighted by atomic mass is 35.5. The van der Waals surface area contributed by atoms with Crippen LogP contribution in [0.25, 0.3) is 21.8 Å². The van der Waals surface area contributed by atoms with Crippen molar-refractivity contribution in [1.29, 1.82) is 0 Å². The van der Waals surface area contributed by atoms with Gasteiger partial charge in [0, 0.05) is 12.1 Å². The van der Waals surface area contributed by atoms with Crippen molar-refractivity contribution in [2.75, 3.05) is 0 Å². The largest absolute Gasteiger partial charge is 1.00 e. The first-order chi connectivity index (χ1) is 10.8. The molecule has 0 aliphatic carbocycles. The predicted octanol–water partition coefficient (Wildman–Crippen LogP) is 1.41. The summed E-state index contributed by atoms with van der Waals surface area (Å²) >= 11 is 0.